The number of aromatic nitrogens is 1. The summed E-state index contributed by atoms with van der Waals surface area (Å²) in [4.78, 5) is 2.04. The number of hydrogen-bond donors (Lipinski definition) is 0. The van der Waals surface area contributed by atoms with Gasteiger partial charge in [-0.1, -0.05) is 67.8 Å². The van der Waals surface area contributed by atoms with Crippen molar-refractivity contribution >= 4 is 27.4 Å². The van der Waals surface area contributed by atoms with Gasteiger partial charge in [-0.25, -0.2) is 0 Å². The molecule has 4 aromatic rings. The molecule has 0 N–H and O–H groups in total. The van der Waals surface area contributed by atoms with Gasteiger partial charge in [0.15, 0.2) is 0 Å². The zero-order valence-electron chi connectivity index (χ0n) is 18.8. The Morgan fingerprint density at radius 2 is 1.42 bits per heavy atom. The monoisotopic (exact) mass is 426 g/mol. The Labute approximate surface area is 195 Å². The molecule has 2 nitrogen and oxygen atoms in total. The summed E-state index contributed by atoms with van der Waals surface area (Å²) in [6.45, 7) is 8.42. The maximum atomic E-state index is 4.25. The Balaban J connectivity index is 1.72. The molecule has 0 unspecified atom stereocenters. The number of nitrogens with zero attached hydrogens (tertiary/aromatic N) is 2. The van der Waals surface area contributed by atoms with Gasteiger partial charge in [-0.3, -0.25) is 0 Å². The van der Waals surface area contributed by atoms with E-state index in [1.54, 1.807) is 0 Å². The Bertz CT molecular complexity index is 1490. The second-order valence-electron chi connectivity index (χ2n) is 8.25. The maximum absolute atomic E-state index is 4.25. The Morgan fingerprint density at radius 1 is 0.667 bits per heavy atom. The molecule has 3 aromatic carbocycles. The van der Waals surface area contributed by atoms with Crippen molar-refractivity contribution in [2.45, 2.75) is 0 Å². The van der Waals surface area contributed by atoms with Crippen LogP contribution in [0.15, 0.2) is 140 Å². The third kappa shape index (κ3) is 3.99. The van der Waals surface area contributed by atoms with Crippen molar-refractivity contribution < 1.29 is 0 Å². The molecule has 5 rings (SSSR count). The summed E-state index contributed by atoms with van der Waals surface area (Å²) < 4.78 is 2.33. The van der Waals surface area contributed by atoms with E-state index in [0.717, 1.165) is 28.0 Å². The van der Waals surface area contributed by atoms with E-state index < -0.39 is 0 Å². The highest BCUT2D eigenvalue weighted by molar-refractivity contribution is 6.10. The Morgan fingerprint density at radius 3 is 2.27 bits per heavy atom. The largest absolute Gasteiger partial charge is 0.357 e. The first kappa shape index (κ1) is 20.6. The highest BCUT2D eigenvalue weighted by atomic mass is 15.0. The standard InChI is InChI=1S/C31H26N2/c1-23-11-9-10-19-32(3)20-18-26(21-24(23)2)25-16-17-31-29(22-25)28-14-7-8-15-30(28)33(31)27-12-5-4-6-13-27/h4-22H,1-2H2,3H3/b11-9-,19-10-,20-18-,26-21+. The van der Waals surface area contributed by atoms with E-state index in [0.29, 0.717) is 0 Å². The smallest absolute Gasteiger partial charge is 0.0541 e. The van der Waals surface area contributed by atoms with Crippen LogP contribution in [-0.4, -0.2) is 16.5 Å². The molecule has 1 aromatic heterocycles. The molecular formula is C31H26N2. The molecule has 0 amide bonds. The molecule has 0 saturated heterocycles. The van der Waals surface area contributed by atoms with Crippen molar-refractivity contribution in [3.63, 3.8) is 0 Å². The number of hydrogen-bond acceptors (Lipinski definition) is 1. The molecule has 1 aliphatic heterocycles. The molecule has 160 valence electrons. The third-order valence-corrected chi connectivity index (χ3v) is 5.98. The molecule has 0 radical (unpaired) electrons. The number of allylic oxidation sites excluding steroid dienone is 8. The van der Waals surface area contributed by atoms with Gasteiger partial charge in [0.2, 0.25) is 0 Å². The fourth-order valence-corrected chi connectivity index (χ4v) is 4.23. The van der Waals surface area contributed by atoms with Gasteiger partial charge in [0.1, 0.15) is 0 Å². The molecule has 2 heterocycles. The third-order valence-electron chi connectivity index (χ3n) is 5.98. The van der Waals surface area contributed by atoms with E-state index in [-0.39, 0.29) is 0 Å². The zero-order valence-corrected chi connectivity index (χ0v) is 18.8. The lowest BCUT2D eigenvalue weighted by atomic mass is 9.98. The number of fused-ring (bicyclic) bond motifs is 3. The minimum atomic E-state index is 0.899. The normalized spacial score (nSPS) is 19.2. The van der Waals surface area contributed by atoms with Gasteiger partial charge in [-0.15, -0.1) is 0 Å². The van der Waals surface area contributed by atoms with Crippen LogP contribution in [0.4, 0.5) is 0 Å². The predicted molar refractivity (Wildman–Crippen MR) is 142 cm³/mol. The summed E-state index contributed by atoms with van der Waals surface area (Å²) in [5, 5.41) is 2.47. The van der Waals surface area contributed by atoms with Crippen LogP contribution in [0.25, 0.3) is 33.1 Å². The molecule has 33 heavy (non-hydrogen) atoms. The van der Waals surface area contributed by atoms with Crippen LogP contribution >= 0.6 is 0 Å². The van der Waals surface area contributed by atoms with E-state index in [1.807, 2.05) is 36.4 Å². The number of para-hydroxylation sites is 2. The van der Waals surface area contributed by atoms with Crippen LogP contribution in [0.2, 0.25) is 0 Å². The summed E-state index contributed by atoms with van der Waals surface area (Å²) in [6, 6.07) is 25.8. The summed E-state index contributed by atoms with van der Waals surface area (Å²) >= 11 is 0. The SMILES string of the molecule is C=C1/C=C\C=C/N(C)/C=C\C(c2ccc3c(c2)c2ccccc2n3-c2ccccc2)=C/C1=C. The van der Waals surface area contributed by atoms with Crippen LogP contribution < -0.4 is 0 Å². The second kappa shape index (κ2) is 8.68. The van der Waals surface area contributed by atoms with E-state index in [9.17, 15) is 0 Å². The fourth-order valence-electron chi connectivity index (χ4n) is 4.23. The van der Waals surface area contributed by atoms with Crippen molar-refractivity contribution in [3.05, 3.63) is 145 Å². The molecule has 0 atom stereocenters. The highest BCUT2D eigenvalue weighted by Crippen LogP contribution is 2.34. The molecule has 0 bridgehead atoms. The Kier molecular flexibility index (Phi) is 5.42. The van der Waals surface area contributed by atoms with Gasteiger partial charge in [-0.05, 0) is 70.8 Å². The Hall–Kier alpha value is -4.30. The number of benzene rings is 3. The fraction of sp³-hybridized carbons (Fsp3) is 0.0323. The van der Waals surface area contributed by atoms with Crippen molar-refractivity contribution in [1.29, 1.82) is 0 Å². The van der Waals surface area contributed by atoms with Gasteiger partial charge in [0, 0.05) is 35.9 Å². The van der Waals surface area contributed by atoms with Crippen molar-refractivity contribution in [2.24, 2.45) is 0 Å². The first-order valence-corrected chi connectivity index (χ1v) is 11.1. The van der Waals surface area contributed by atoms with Gasteiger partial charge < -0.3 is 9.47 Å². The van der Waals surface area contributed by atoms with Crippen LogP contribution in [0.3, 0.4) is 0 Å². The van der Waals surface area contributed by atoms with E-state index in [2.05, 4.69) is 109 Å². The average molecular weight is 427 g/mol. The molecule has 0 aliphatic carbocycles. The van der Waals surface area contributed by atoms with Crippen molar-refractivity contribution in [1.82, 2.24) is 9.47 Å². The summed E-state index contributed by atoms with van der Waals surface area (Å²) in [6.07, 6.45) is 14.3. The maximum Gasteiger partial charge on any atom is 0.0541 e. The van der Waals surface area contributed by atoms with E-state index in [1.165, 1.54) is 21.8 Å². The lowest BCUT2D eigenvalue weighted by molar-refractivity contribution is 0.626. The summed E-state index contributed by atoms with van der Waals surface area (Å²) in [5.41, 5.74) is 7.59. The summed E-state index contributed by atoms with van der Waals surface area (Å²) in [5.74, 6) is 0. The quantitative estimate of drug-likeness (QED) is 0.317. The van der Waals surface area contributed by atoms with Crippen molar-refractivity contribution in [2.75, 3.05) is 7.05 Å². The minimum absolute atomic E-state index is 0.899. The minimum Gasteiger partial charge on any atom is -0.357 e. The zero-order chi connectivity index (χ0) is 22.8. The lowest BCUT2D eigenvalue weighted by Gasteiger charge is -2.10. The van der Waals surface area contributed by atoms with Crippen LogP contribution in [-0.2, 0) is 0 Å². The topological polar surface area (TPSA) is 8.17 Å². The van der Waals surface area contributed by atoms with Crippen LogP contribution in [0.5, 0.6) is 0 Å². The molecule has 0 saturated carbocycles. The first-order chi connectivity index (χ1) is 16.1. The van der Waals surface area contributed by atoms with Gasteiger partial charge in [0.25, 0.3) is 0 Å². The van der Waals surface area contributed by atoms with Gasteiger partial charge in [0.05, 0.1) is 11.0 Å². The number of rotatable bonds is 2. The van der Waals surface area contributed by atoms with E-state index in [4.69, 9.17) is 0 Å². The molecule has 0 spiro atoms. The van der Waals surface area contributed by atoms with E-state index >= 15 is 0 Å². The molecule has 2 heteroatoms. The van der Waals surface area contributed by atoms with Gasteiger partial charge in [-0.2, -0.15) is 0 Å². The van der Waals surface area contributed by atoms with Crippen LogP contribution in [0, 0.1) is 0 Å². The van der Waals surface area contributed by atoms with Gasteiger partial charge >= 0.3 is 0 Å². The second-order valence-corrected chi connectivity index (χ2v) is 8.25. The van der Waals surface area contributed by atoms with Crippen molar-refractivity contribution in [3.8, 4) is 5.69 Å². The highest BCUT2D eigenvalue weighted by Gasteiger charge is 2.13. The first-order valence-electron chi connectivity index (χ1n) is 11.1. The molecular weight excluding hydrogens is 400 g/mol. The average Bonchev–Trinajstić information content (AvgIpc) is 3.17. The lowest BCUT2D eigenvalue weighted by Crippen LogP contribution is -1.99. The molecule has 0 fully saturated rings. The van der Waals surface area contributed by atoms with Crippen LogP contribution in [0.1, 0.15) is 5.56 Å². The predicted octanol–water partition coefficient (Wildman–Crippen LogP) is 7.81. The molecule has 1 aliphatic rings. The summed E-state index contributed by atoms with van der Waals surface area (Å²) in [7, 11) is 2.02.